The third-order valence-electron chi connectivity index (χ3n) is 5.05. The van der Waals surface area contributed by atoms with Crippen molar-refractivity contribution in [3.8, 4) is 5.75 Å². The highest BCUT2D eigenvalue weighted by Gasteiger charge is 2.45. The maximum absolute atomic E-state index is 9.94. The van der Waals surface area contributed by atoms with Gasteiger partial charge in [-0.3, -0.25) is 4.68 Å². The standard InChI is InChI=1S/C17H21ClN4O2/c1-10-7-17(8-14(19-10)15-9-22(2)21-20-15)12-6-13(18)16(23)5-11(12)3-4-24-17/h5-6,9-10,14,19,23H,3-4,7-8H2,1-2H3. The van der Waals surface area contributed by atoms with E-state index >= 15 is 0 Å². The first-order chi connectivity index (χ1) is 11.5. The third kappa shape index (κ3) is 2.59. The quantitative estimate of drug-likeness (QED) is 0.828. The number of aromatic hydroxyl groups is 1. The number of phenolic OH excluding ortho intramolecular Hbond substituents is 1. The van der Waals surface area contributed by atoms with Crippen LogP contribution in [0.15, 0.2) is 18.3 Å². The molecule has 128 valence electrons. The largest absolute Gasteiger partial charge is 0.506 e. The van der Waals surface area contributed by atoms with Crippen LogP contribution in [-0.2, 0) is 23.8 Å². The van der Waals surface area contributed by atoms with Crippen molar-refractivity contribution in [1.29, 1.82) is 0 Å². The number of nitrogens with one attached hydrogen (secondary N) is 1. The Kier molecular flexibility index (Phi) is 3.78. The maximum Gasteiger partial charge on any atom is 0.134 e. The number of benzene rings is 1. The number of rotatable bonds is 1. The van der Waals surface area contributed by atoms with Crippen LogP contribution in [0.1, 0.15) is 42.6 Å². The first-order valence-electron chi connectivity index (χ1n) is 8.25. The second-order valence-electron chi connectivity index (χ2n) is 6.90. The number of phenols is 1. The molecule has 4 rings (SSSR count). The van der Waals surface area contributed by atoms with E-state index in [0.717, 1.165) is 36.1 Å². The molecule has 1 aromatic heterocycles. The summed E-state index contributed by atoms with van der Waals surface area (Å²) in [5, 5.41) is 22.2. The highest BCUT2D eigenvalue weighted by atomic mass is 35.5. The predicted octanol–water partition coefficient (Wildman–Crippen LogP) is 2.46. The van der Waals surface area contributed by atoms with E-state index in [9.17, 15) is 5.11 Å². The summed E-state index contributed by atoms with van der Waals surface area (Å²) in [5.41, 5.74) is 2.73. The Bertz CT molecular complexity index is 778. The number of halogens is 1. The molecule has 2 aliphatic heterocycles. The molecule has 0 saturated carbocycles. The summed E-state index contributed by atoms with van der Waals surface area (Å²) in [6.07, 6.45) is 4.36. The maximum atomic E-state index is 9.94. The van der Waals surface area contributed by atoms with Crippen molar-refractivity contribution in [3.63, 3.8) is 0 Å². The van der Waals surface area contributed by atoms with Crippen molar-refractivity contribution in [2.45, 2.75) is 43.9 Å². The summed E-state index contributed by atoms with van der Waals surface area (Å²) in [5.74, 6) is 0.139. The molecule has 2 N–H and O–H groups in total. The van der Waals surface area contributed by atoms with Gasteiger partial charge in [0, 0.05) is 25.7 Å². The van der Waals surface area contributed by atoms with Gasteiger partial charge in [0.2, 0.25) is 0 Å². The van der Waals surface area contributed by atoms with Gasteiger partial charge in [-0.1, -0.05) is 16.8 Å². The molecule has 0 aliphatic carbocycles. The molecular weight excluding hydrogens is 328 g/mol. The number of hydrogen-bond acceptors (Lipinski definition) is 5. The zero-order chi connectivity index (χ0) is 16.9. The second kappa shape index (κ2) is 5.72. The van der Waals surface area contributed by atoms with Crippen molar-refractivity contribution < 1.29 is 9.84 Å². The monoisotopic (exact) mass is 348 g/mol. The number of ether oxygens (including phenoxy) is 1. The zero-order valence-corrected chi connectivity index (χ0v) is 14.5. The molecule has 3 heterocycles. The van der Waals surface area contributed by atoms with E-state index in [4.69, 9.17) is 16.3 Å². The topological polar surface area (TPSA) is 72.2 Å². The average molecular weight is 349 g/mol. The molecule has 6 nitrogen and oxygen atoms in total. The fraction of sp³-hybridized carbons (Fsp3) is 0.529. The normalized spacial score (nSPS) is 29.6. The van der Waals surface area contributed by atoms with E-state index in [1.807, 2.05) is 19.3 Å². The Labute approximate surface area is 145 Å². The molecule has 3 unspecified atom stereocenters. The summed E-state index contributed by atoms with van der Waals surface area (Å²) in [6.45, 7) is 2.80. The molecular formula is C17H21ClN4O2. The Morgan fingerprint density at radius 1 is 1.42 bits per heavy atom. The summed E-state index contributed by atoms with van der Waals surface area (Å²) >= 11 is 6.19. The van der Waals surface area contributed by atoms with Crippen LogP contribution in [0.4, 0.5) is 0 Å². The predicted molar refractivity (Wildman–Crippen MR) is 90.0 cm³/mol. The van der Waals surface area contributed by atoms with Crippen molar-refractivity contribution in [1.82, 2.24) is 20.3 Å². The molecule has 0 radical (unpaired) electrons. The fourth-order valence-corrected chi connectivity index (χ4v) is 4.26. The van der Waals surface area contributed by atoms with Gasteiger partial charge in [0.25, 0.3) is 0 Å². The van der Waals surface area contributed by atoms with Crippen LogP contribution in [-0.4, -0.2) is 32.7 Å². The van der Waals surface area contributed by atoms with Gasteiger partial charge in [0.1, 0.15) is 5.75 Å². The average Bonchev–Trinajstić information content (AvgIpc) is 2.96. The van der Waals surface area contributed by atoms with Gasteiger partial charge in [-0.25, -0.2) is 0 Å². The minimum absolute atomic E-state index is 0.0704. The first kappa shape index (κ1) is 15.9. The molecule has 1 aromatic carbocycles. The Balaban J connectivity index is 1.76. The lowest BCUT2D eigenvalue weighted by Crippen LogP contribution is -2.50. The van der Waals surface area contributed by atoms with Crippen LogP contribution in [0.3, 0.4) is 0 Å². The van der Waals surface area contributed by atoms with Gasteiger partial charge in [-0.15, -0.1) is 5.10 Å². The summed E-state index contributed by atoms with van der Waals surface area (Å²) in [6, 6.07) is 3.99. The number of fused-ring (bicyclic) bond motifs is 2. The third-order valence-corrected chi connectivity index (χ3v) is 5.35. The second-order valence-corrected chi connectivity index (χ2v) is 7.31. The lowest BCUT2D eigenvalue weighted by atomic mass is 9.74. The summed E-state index contributed by atoms with van der Waals surface area (Å²) in [4.78, 5) is 0. The summed E-state index contributed by atoms with van der Waals surface area (Å²) < 4.78 is 8.04. The minimum Gasteiger partial charge on any atom is -0.506 e. The number of aromatic nitrogens is 3. The number of hydrogen-bond donors (Lipinski definition) is 2. The molecule has 0 amide bonds. The molecule has 2 aromatic rings. The number of piperidine rings is 1. The van der Waals surface area contributed by atoms with E-state index in [-0.39, 0.29) is 17.8 Å². The van der Waals surface area contributed by atoms with Crippen LogP contribution < -0.4 is 5.32 Å². The van der Waals surface area contributed by atoms with Gasteiger partial charge in [-0.05, 0) is 43.0 Å². The lowest BCUT2D eigenvalue weighted by molar-refractivity contribution is -0.0987. The van der Waals surface area contributed by atoms with Crippen molar-refractivity contribution >= 4 is 11.6 Å². The van der Waals surface area contributed by atoms with Crippen molar-refractivity contribution in [3.05, 3.63) is 40.2 Å². The molecule has 7 heteroatoms. The van der Waals surface area contributed by atoms with Crippen LogP contribution in [0.2, 0.25) is 5.02 Å². The van der Waals surface area contributed by atoms with E-state index in [1.165, 1.54) is 0 Å². The van der Waals surface area contributed by atoms with Crippen molar-refractivity contribution in [2.75, 3.05) is 6.61 Å². The molecule has 2 aliphatic rings. The fourth-order valence-electron chi connectivity index (χ4n) is 4.09. The summed E-state index contributed by atoms with van der Waals surface area (Å²) in [7, 11) is 1.87. The van der Waals surface area contributed by atoms with Crippen LogP contribution in [0, 0.1) is 0 Å². The van der Waals surface area contributed by atoms with Gasteiger partial charge in [0.15, 0.2) is 0 Å². The van der Waals surface area contributed by atoms with Crippen LogP contribution in [0.5, 0.6) is 5.75 Å². The molecule has 1 spiro atoms. The van der Waals surface area contributed by atoms with E-state index in [1.54, 1.807) is 10.7 Å². The highest BCUT2D eigenvalue weighted by Crippen LogP contribution is 2.47. The smallest absolute Gasteiger partial charge is 0.134 e. The van der Waals surface area contributed by atoms with Crippen molar-refractivity contribution in [2.24, 2.45) is 7.05 Å². The molecule has 1 fully saturated rings. The van der Waals surface area contributed by atoms with E-state index in [2.05, 4.69) is 22.6 Å². The Hall–Kier alpha value is -1.63. The zero-order valence-electron chi connectivity index (χ0n) is 13.8. The molecule has 1 saturated heterocycles. The number of aryl methyl sites for hydroxylation is 1. The van der Waals surface area contributed by atoms with Crippen LogP contribution in [0.25, 0.3) is 0 Å². The van der Waals surface area contributed by atoms with Crippen LogP contribution >= 0.6 is 11.6 Å². The van der Waals surface area contributed by atoms with Gasteiger partial charge in [-0.2, -0.15) is 0 Å². The lowest BCUT2D eigenvalue weighted by Gasteiger charge is -2.47. The first-order valence-corrected chi connectivity index (χ1v) is 8.63. The SMILES string of the molecule is CC1CC2(CC(c3cn(C)nn3)N1)OCCc1cc(O)c(Cl)cc12. The molecule has 3 atom stereocenters. The number of nitrogens with zero attached hydrogens (tertiary/aromatic N) is 3. The Morgan fingerprint density at radius 2 is 2.25 bits per heavy atom. The highest BCUT2D eigenvalue weighted by molar-refractivity contribution is 6.32. The Morgan fingerprint density at radius 3 is 3.00 bits per heavy atom. The van der Waals surface area contributed by atoms with E-state index in [0.29, 0.717) is 11.6 Å². The van der Waals surface area contributed by atoms with E-state index < -0.39 is 5.60 Å². The molecule has 24 heavy (non-hydrogen) atoms. The van der Waals surface area contributed by atoms with Gasteiger partial charge < -0.3 is 15.2 Å². The molecule has 0 bridgehead atoms. The van der Waals surface area contributed by atoms with Gasteiger partial charge >= 0.3 is 0 Å². The minimum atomic E-state index is -0.405. The van der Waals surface area contributed by atoms with Gasteiger partial charge in [0.05, 0.1) is 29.0 Å².